The number of carbonyl (C=O) groups is 1. The standard InChI is InChI=1S/C16H29N5O2S.HI/c1-11-8-18-12(24-11)9-19-13(17-7)20-10-16(5,6)21-14(22)23-15(2,3)4;/h8H,9-10H2,1-7H3,(H,21,22)(H2,17,19,20);1H. The zero-order valence-electron chi connectivity index (χ0n) is 16.0. The number of nitrogens with zero attached hydrogens (tertiary/aromatic N) is 2. The van der Waals surface area contributed by atoms with Crippen molar-refractivity contribution in [1.82, 2.24) is 20.9 Å². The van der Waals surface area contributed by atoms with Gasteiger partial charge < -0.3 is 20.7 Å². The van der Waals surface area contributed by atoms with Crippen LogP contribution in [-0.4, -0.2) is 41.8 Å². The van der Waals surface area contributed by atoms with Crippen LogP contribution in [0.1, 0.15) is 44.5 Å². The molecule has 0 spiro atoms. The molecule has 1 aromatic rings. The first-order valence-corrected chi connectivity index (χ1v) is 8.69. The first-order valence-electron chi connectivity index (χ1n) is 7.88. The highest BCUT2D eigenvalue weighted by atomic mass is 127. The number of guanidine groups is 1. The van der Waals surface area contributed by atoms with Crippen LogP contribution in [0.5, 0.6) is 0 Å². The van der Waals surface area contributed by atoms with Gasteiger partial charge in [-0.1, -0.05) is 0 Å². The molecular formula is C16H30IN5O2S. The van der Waals surface area contributed by atoms with Crippen LogP contribution in [0.4, 0.5) is 4.79 Å². The molecule has 0 saturated heterocycles. The van der Waals surface area contributed by atoms with Crippen molar-refractivity contribution < 1.29 is 9.53 Å². The lowest BCUT2D eigenvalue weighted by Gasteiger charge is -2.29. The minimum atomic E-state index is -0.517. The number of carbonyl (C=O) groups excluding carboxylic acids is 1. The summed E-state index contributed by atoms with van der Waals surface area (Å²) in [5, 5.41) is 10.3. The molecule has 1 rings (SSSR count). The van der Waals surface area contributed by atoms with Crippen LogP contribution >= 0.6 is 35.3 Å². The first kappa shape index (κ1) is 23.9. The van der Waals surface area contributed by atoms with E-state index in [9.17, 15) is 4.79 Å². The molecule has 1 heterocycles. The molecule has 0 aliphatic carbocycles. The third kappa shape index (κ3) is 10.5. The number of aromatic nitrogens is 1. The summed E-state index contributed by atoms with van der Waals surface area (Å²) in [4.78, 5) is 21.5. The van der Waals surface area contributed by atoms with E-state index >= 15 is 0 Å². The van der Waals surface area contributed by atoms with Crippen LogP contribution in [0.15, 0.2) is 11.2 Å². The number of alkyl carbamates (subject to hydrolysis) is 1. The van der Waals surface area contributed by atoms with E-state index in [-0.39, 0.29) is 24.0 Å². The summed E-state index contributed by atoms with van der Waals surface area (Å²) in [6.07, 6.45) is 1.42. The largest absolute Gasteiger partial charge is 0.444 e. The Hall–Kier alpha value is -1.10. The molecule has 0 fully saturated rings. The summed E-state index contributed by atoms with van der Waals surface area (Å²) in [6, 6.07) is 0. The summed E-state index contributed by atoms with van der Waals surface area (Å²) in [7, 11) is 1.71. The Morgan fingerprint density at radius 1 is 1.28 bits per heavy atom. The lowest BCUT2D eigenvalue weighted by Crippen LogP contribution is -2.54. The van der Waals surface area contributed by atoms with Gasteiger partial charge >= 0.3 is 6.09 Å². The maximum atomic E-state index is 11.9. The third-order valence-electron chi connectivity index (χ3n) is 2.84. The highest BCUT2D eigenvalue weighted by Gasteiger charge is 2.24. The van der Waals surface area contributed by atoms with Gasteiger partial charge in [-0.15, -0.1) is 35.3 Å². The van der Waals surface area contributed by atoms with Crippen LogP contribution in [0.25, 0.3) is 0 Å². The summed E-state index contributed by atoms with van der Waals surface area (Å²) in [6.45, 7) is 12.5. The summed E-state index contributed by atoms with van der Waals surface area (Å²) < 4.78 is 5.28. The van der Waals surface area contributed by atoms with Gasteiger partial charge in [0.15, 0.2) is 5.96 Å². The monoisotopic (exact) mass is 483 g/mol. The molecule has 0 saturated carbocycles. The van der Waals surface area contributed by atoms with Crippen LogP contribution in [0.3, 0.4) is 0 Å². The molecule has 0 aliphatic heterocycles. The number of aryl methyl sites for hydroxylation is 1. The molecule has 25 heavy (non-hydrogen) atoms. The lowest BCUT2D eigenvalue weighted by molar-refractivity contribution is 0.0474. The molecule has 7 nitrogen and oxygen atoms in total. The summed E-state index contributed by atoms with van der Waals surface area (Å²) >= 11 is 1.65. The molecule has 3 N–H and O–H groups in total. The molecule has 1 amide bonds. The van der Waals surface area contributed by atoms with Gasteiger partial charge in [0.05, 0.1) is 12.1 Å². The number of thiazole rings is 1. The number of halogens is 1. The maximum Gasteiger partial charge on any atom is 0.408 e. The zero-order chi connectivity index (χ0) is 18.4. The van der Waals surface area contributed by atoms with Gasteiger partial charge in [-0.2, -0.15) is 0 Å². The van der Waals surface area contributed by atoms with Crippen molar-refractivity contribution in [2.75, 3.05) is 13.6 Å². The van der Waals surface area contributed by atoms with Crippen molar-refractivity contribution in [3.63, 3.8) is 0 Å². The van der Waals surface area contributed by atoms with Crippen molar-refractivity contribution in [2.24, 2.45) is 4.99 Å². The first-order chi connectivity index (χ1) is 11.0. The van der Waals surface area contributed by atoms with E-state index in [4.69, 9.17) is 4.74 Å². The van der Waals surface area contributed by atoms with Crippen LogP contribution in [0, 0.1) is 6.92 Å². The Bertz CT molecular complexity index is 581. The van der Waals surface area contributed by atoms with Crippen LogP contribution < -0.4 is 16.0 Å². The third-order valence-corrected chi connectivity index (χ3v) is 3.75. The molecular weight excluding hydrogens is 453 g/mol. The molecule has 0 radical (unpaired) electrons. The Balaban J connectivity index is 0.00000576. The Kier molecular flexibility index (Phi) is 9.70. The van der Waals surface area contributed by atoms with Crippen LogP contribution in [-0.2, 0) is 11.3 Å². The van der Waals surface area contributed by atoms with Gasteiger partial charge in [0, 0.05) is 24.7 Å². The van der Waals surface area contributed by atoms with E-state index in [0.717, 1.165) is 5.01 Å². The number of amides is 1. The van der Waals surface area contributed by atoms with Crippen molar-refractivity contribution in [1.29, 1.82) is 0 Å². The number of hydrogen-bond acceptors (Lipinski definition) is 5. The second kappa shape index (κ2) is 10.1. The predicted octanol–water partition coefficient (Wildman–Crippen LogP) is 3.04. The molecule has 0 atom stereocenters. The van der Waals surface area contributed by atoms with Gasteiger partial charge in [0.2, 0.25) is 0 Å². The second-order valence-corrected chi connectivity index (χ2v) is 8.47. The number of nitrogens with one attached hydrogen (secondary N) is 3. The van der Waals surface area contributed by atoms with Crippen molar-refractivity contribution >= 4 is 47.4 Å². The average molecular weight is 483 g/mol. The number of hydrogen-bond donors (Lipinski definition) is 3. The minimum absolute atomic E-state index is 0. The Morgan fingerprint density at radius 3 is 2.40 bits per heavy atom. The van der Waals surface area contributed by atoms with Crippen LogP contribution in [0.2, 0.25) is 0 Å². The fourth-order valence-electron chi connectivity index (χ4n) is 1.79. The average Bonchev–Trinajstić information content (AvgIpc) is 2.81. The fraction of sp³-hybridized carbons (Fsp3) is 0.688. The molecule has 0 bridgehead atoms. The van der Waals surface area contributed by atoms with Crippen molar-refractivity contribution in [3.05, 3.63) is 16.1 Å². The van der Waals surface area contributed by atoms with Crippen molar-refractivity contribution in [2.45, 2.75) is 59.2 Å². The number of ether oxygens (including phenoxy) is 1. The second-order valence-electron chi connectivity index (χ2n) is 7.15. The van der Waals surface area contributed by atoms with Gasteiger partial charge in [0.1, 0.15) is 10.6 Å². The predicted molar refractivity (Wildman–Crippen MR) is 114 cm³/mol. The normalized spacial score (nSPS) is 12.2. The Morgan fingerprint density at radius 2 is 1.92 bits per heavy atom. The molecule has 144 valence electrons. The molecule has 1 aromatic heterocycles. The topological polar surface area (TPSA) is 87.6 Å². The van der Waals surface area contributed by atoms with Gasteiger partial charge in [-0.05, 0) is 41.5 Å². The van der Waals surface area contributed by atoms with Gasteiger partial charge in [0.25, 0.3) is 0 Å². The molecule has 9 heteroatoms. The quantitative estimate of drug-likeness (QED) is 0.341. The smallest absolute Gasteiger partial charge is 0.408 e. The number of aliphatic imine (C=N–C) groups is 1. The van der Waals surface area contributed by atoms with E-state index in [1.54, 1.807) is 18.4 Å². The van der Waals surface area contributed by atoms with E-state index < -0.39 is 17.2 Å². The highest BCUT2D eigenvalue weighted by molar-refractivity contribution is 14.0. The molecule has 0 unspecified atom stereocenters. The minimum Gasteiger partial charge on any atom is -0.444 e. The SMILES string of the molecule is CN=C(NCc1ncc(C)s1)NCC(C)(C)NC(=O)OC(C)(C)C.I. The fourth-order valence-corrected chi connectivity index (χ4v) is 2.52. The summed E-state index contributed by atoms with van der Waals surface area (Å²) in [5.74, 6) is 0.655. The maximum absolute atomic E-state index is 11.9. The van der Waals surface area contributed by atoms with Gasteiger partial charge in [-0.3, -0.25) is 4.99 Å². The highest BCUT2D eigenvalue weighted by Crippen LogP contribution is 2.11. The van der Waals surface area contributed by atoms with Gasteiger partial charge in [-0.25, -0.2) is 9.78 Å². The zero-order valence-corrected chi connectivity index (χ0v) is 19.2. The van der Waals surface area contributed by atoms with E-state index in [1.807, 2.05) is 47.7 Å². The molecule has 0 aliphatic rings. The van der Waals surface area contributed by atoms with E-state index in [1.165, 1.54) is 4.88 Å². The van der Waals surface area contributed by atoms with E-state index in [0.29, 0.717) is 19.0 Å². The molecule has 0 aromatic carbocycles. The van der Waals surface area contributed by atoms with Crippen molar-refractivity contribution in [3.8, 4) is 0 Å². The lowest BCUT2D eigenvalue weighted by atomic mass is 10.1. The Labute approximate surface area is 171 Å². The number of rotatable bonds is 5. The van der Waals surface area contributed by atoms with E-state index in [2.05, 4.69) is 25.9 Å². The summed E-state index contributed by atoms with van der Waals surface area (Å²) in [5.41, 5.74) is -1.01.